The first-order chi connectivity index (χ1) is 20.2. The van der Waals surface area contributed by atoms with Crippen molar-refractivity contribution in [2.45, 2.75) is 17.7 Å². The number of para-hydroxylation sites is 2. The molecule has 0 amide bonds. The average Bonchev–Trinajstić information content (AvgIpc) is 3.33. The fourth-order valence-electron chi connectivity index (χ4n) is 4.96. The normalized spacial score (nSPS) is 15.4. The number of esters is 1. The summed E-state index contributed by atoms with van der Waals surface area (Å²) >= 11 is 1.01. The first kappa shape index (κ1) is 28.9. The number of hydrogen-bond donors (Lipinski definition) is 1. The Morgan fingerprint density at radius 2 is 1.57 bits per heavy atom. The minimum atomic E-state index is -4.35. The minimum absolute atomic E-state index is 0.0246. The van der Waals surface area contributed by atoms with Crippen LogP contribution in [-0.4, -0.2) is 39.8 Å². The Labute approximate surface area is 246 Å². The highest BCUT2D eigenvalue weighted by molar-refractivity contribution is 7.95. The molecule has 0 saturated heterocycles. The van der Waals surface area contributed by atoms with Crippen LogP contribution in [0.15, 0.2) is 93.5 Å². The highest BCUT2D eigenvalue weighted by Gasteiger charge is 2.43. The van der Waals surface area contributed by atoms with Gasteiger partial charge in [0.15, 0.2) is 0 Å². The van der Waals surface area contributed by atoms with Gasteiger partial charge in [0.05, 0.1) is 41.7 Å². The Kier molecular flexibility index (Phi) is 8.06. The van der Waals surface area contributed by atoms with Crippen molar-refractivity contribution in [3.63, 3.8) is 0 Å². The van der Waals surface area contributed by atoms with Crippen molar-refractivity contribution in [1.82, 2.24) is 4.57 Å². The molecule has 0 saturated carbocycles. The number of aromatic nitrogens is 1. The number of nitrogens with zero attached hydrogens (tertiary/aromatic N) is 1. The van der Waals surface area contributed by atoms with Crippen LogP contribution in [-0.2, 0) is 19.4 Å². The zero-order chi connectivity index (χ0) is 30.0. The van der Waals surface area contributed by atoms with E-state index in [0.29, 0.717) is 22.6 Å². The lowest BCUT2D eigenvalue weighted by Gasteiger charge is -2.28. The SMILES string of the molecule is CCOC(=O)C1=c2s/c(=C\c3ccccc3OC)c(=O)n2C(N)=C(S(=O)(=O)c2ccccc2)[C@@H]1c1ccccc1OC. The van der Waals surface area contributed by atoms with E-state index in [1.165, 1.54) is 26.4 Å². The predicted molar refractivity (Wildman–Crippen MR) is 161 cm³/mol. The fraction of sp³-hybridized carbons (Fsp3) is 0.161. The summed E-state index contributed by atoms with van der Waals surface area (Å²) in [4.78, 5) is 27.3. The third-order valence-electron chi connectivity index (χ3n) is 6.81. The van der Waals surface area contributed by atoms with Gasteiger partial charge < -0.3 is 19.9 Å². The first-order valence-electron chi connectivity index (χ1n) is 13.0. The predicted octanol–water partition coefficient (Wildman–Crippen LogP) is 2.83. The lowest BCUT2D eigenvalue weighted by atomic mass is 9.89. The molecule has 11 heteroatoms. The van der Waals surface area contributed by atoms with Gasteiger partial charge in [0.2, 0.25) is 9.84 Å². The van der Waals surface area contributed by atoms with Crippen molar-refractivity contribution in [3.05, 3.63) is 114 Å². The van der Waals surface area contributed by atoms with Crippen molar-refractivity contribution in [3.8, 4) is 11.5 Å². The molecule has 2 N–H and O–H groups in total. The van der Waals surface area contributed by atoms with E-state index in [9.17, 15) is 18.0 Å². The van der Waals surface area contributed by atoms with Gasteiger partial charge in [-0.15, -0.1) is 11.3 Å². The number of benzene rings is 3. The summed E-state index contributed by atoms with van der Waals surface area (Å²) in [5.74, 6) is -1.45. The molecular weight excluding hydrogens is 576 g/mol. The largest absolute Gasteiger partial charge is 0.496 e. The molecule has 42 heavy (non-hydrogen) atoms. The molecule has 2 heterocycles. The molecule has 0 fully saturated rings. The maximum Gasteiger partial charge on any atom is 0.338 e. The van der Waals surface area contributed by atoms with Crippen LogP contribution in [0.4, 0.5) is 0 Å². The summed E-state index contributed by atoms with van der Waals surface area (Å²) in [7, 11) is -1.38. The number of hydrogen-bond acceptors (Lipinski definition) is 9. The van der Waals surface area contributed by atoms with Crippen LogP contribution in [0.1, 0.15) is 24.0 Å². The van der Waals surface area contributed by atoms with Crippen LogP contribution >= 0.6 is 11.3 Å². The monoisotopic (exact) mass is 604 g/mol. The molecule has 3 aromatic carbocycles. The molecule has 5 rings (SSSR count). The lowest BCUT2D eigenvalue weighted by Crippen LogP contribution is -2.41. The third kappa shape index (κ3) is 4.90. The first-order valence-corrected chi connectivity index (χ1v) is 15.3. The van der Waals surface area contributed by atoms with Crippen molar-refractivity contribution < 1.29 is 27.4 Å². The molecule has 0 bridgehead atoms. The number of rotatable bonds is 8. The van der Waals surface area contributed by atoms with Gasteiger partial charge in [-0.05, 0) is 37.3 Å². The van der Waals surface area contributed by atoms with E-state index in [4.69, 9.17) is 19.9 Å². The highest BCUT2D eigenvalue weighted by Crippen LogP contribution is 2.45. The van der Waals surface area contributed by atoms with Gasteiger partial charge in [-0.2, -0.15) is 0 Å². The maximum atomic E-state index is 14.3. The number of allylic oxidation sites excluding steroid dienone is 1. The summed E-state index contributed by atoms with van der Waals surface area (Å²) in [5.41, 5.74) is 7.04. The number of ether oxygens (including phenoxy) is 3. The molecule has 1 aliphatic rings. The van der Waals surface area contributed by atoms with E-state index in [1.54, 1.807) is 79.7 Å². The maximum absolute atomic E-state index is 14.3. The average molecular weight is 605 g/mol. The van der Waals surface area contributed by atoms with Gasteiger partial charge in [-0.3, -0.25) is 9.36 Å². The fourth-order valence-corrected chi connectivity index (χ4v) is 7.80. The second-order valence-electron chi connectivity index (χ2n) is 9.17. The number of fused-ring (bicyclic) bond motifs is 1. The van der Waals surface area contributed by atoms with Gasteiger partial charge in [0.1, 0.15) is 26.9 Å². The number of carbonyl (C=O) groups excluding carboxylic acids is 1. The van der Waals surface area contributed by atoms with Crippen molar-refractivity contribution in [2.24, 2.45) is 5.73 Å². The Balaban J connectivity index is 1.96. The molecule has 4 aromatic rings. The number of thiazole rings is 1. The number of methoxy groups -OCH3 is 2. The molecule has 1 aliphatic heterocycles. The van der Waals surface area contributed by atoms with Gasteiger partial charge in [-0.1, -0.05) is 54.6 Å². The third-order valence-corrected chi connectivity index (χ3v) is 9.84. The molecule has 0 unspecified atom stereocenters. The molecule has 0 spiro atoms. The Morgan fingerprint density at radius 3 is 2.24 bits per heavy atom. The molecule has 0 aliphatic carbocycles. The highest BCUT2D eigenvalue weighted by atomic mass is 32.2. The Bertz CT molecular complexity index is 1990. The molecule has 1 atom stereocenters. The quantitative estimate of drug-likeness (QED) is 0.304. The number of sulfone groups is 1. The minimum Gasteiger partial charge on any atom is -0.496 e. The number of carbonyl (C=O) groups is 1. The van der Waals surface area contributed by atoms with Crippen molar-refractivity contribution >= 4 is 44.6 Å². The van der Waals surface area contributed by atoms with Crippen LogP contribution in [0.3, 0.4) is 0 Å². The van der Waals surface area contributed by atoms with Crippen LogP contribution in [0.2, 0.25) is 0 Å². The van der Waals surface area contributed by atoms with Crippen LogP contribution < -0.4 is 30.0 Å². The lowest BCUT2D eigenvalue weighted by molar-refractivity contribution is -0.136. The van der Waals surface area contributed by atoms with E-state index in [1.807, 2.05) is 0 Å². The molecule has 9 nitrogen and oxygen atoms in total. The van der Waals surface area contributed by atoms with Gasteiger partial charge >= 0.3 is 5.97 Å². The summed E-state index contributed by atoms with van der Waals surface area (Å²) in [5, 5.41) is 0. The smallest absolute Gasteiger partial charge is 0.338 e. The molecular formula is C31H28N2O7S2. The summed E-state index contributed by atoms with van der Waals surface area (Å²) in [6.07, 6.45) is 1.62. The molecule has 1 aromatic heterocycles. The van der Waals surface area contributed by atoms with Crippen molar-refractivity contribution in [1.29, 1.82) is 0 Å². The Hall–Kier alpha value is -4.61. The number of nitrogens with two attached hydrogens (primary N) is 1. The summed E-state index contributed by atoms with van der Waals surface area (Å²) in [6.45, 7) is 1.67. The van der Waals surface area contributed by atoms with E-state index >= 15 is 0 Å². The van der Waals surface area contributed by atoms with E-state index in [2.05, 4.69) is 0 Å². The van der Waals surface area contributed by atoms with E-state index in [0.717, 1.165) is 15.9 Å². The Morgan fingerprint density at radius 1 is 0.952 bits per heavy atom. The van der Waals surface area contributed by atoms with Crippen LogP contribution in [0, 0.1) is 0 Å². The topological polar surface area (TPSA) is 127 Å². The second-order valence-corrected chi connectivity index (χ2v) is 12.1. The second kappa shape index (κ2) is 11.7. The molecule has 0 radical (unpaired) electrons. The zero-order valence-electron chi connectivity index (χ0n) is 23.1. The summed E-state index contributed by atoms with van der Waals surface area (Å²) in [6, 6.07) is 21.6. The summed E-state index contributed by atoms with van der Waals surface area (Å²) < 4.78 is 46.6. The van der Waals surface area contributed by atoms with Gasteiger partial charge in [0.25, 0.3) is 5.56 Å². The standard InChI is InChI=1S/C31H28N2O7S2/c1-4-40-31(35)26-25(21-15-9-11-17-23(21)39-3)27(42(36,37)20-13-6-5-7-14-20)28(32)33-29(34)24(41-30(26)33)18-19-12-8-10-16-22(19)38-2/h5-18,25H,4,32H2,1-3H3/b24-18-/t25-/m1/s1. The van der Waals surface area contributed by atoms with Gasteiger partial charge in [0, 0.05) is 11.1 Å². The van der Waals surface area contributed by atoms with Gasteiger partial charge in [-0.25, -0.2) is 13.2 Å². The van der Waals surface area contributed by atoms with Crippen LogP contribution in [0.5, 0.6) is 11.5 Å². The molecule has 216 valence electrons. The van der Waals surface area contributed by atoms with Crippen LogP contribution in [0.25, 0.3) is 17.5 Å². The van der Waals surface area contributed by atoms with E-state index < -0.39 is 27.3 Å². The van der Waals surface area contributed by atoms with E-state index in [-0.39, 0.29) is 37.0 Å². The zero-order valence-corrected chi connectivity index (χ0v) is 24.7. The van der Waals surface area contributed by atoms with Crippen molar-refractivity contribution in [2.75, 3.05) is 20.8 Å².